The van der Waals surface area contributed by atoms with Crippen LogP contribution in [0.4, 0.5) is 13.2 Å². The molecule has 1 fully saturated rings. The number of amides is 2. The Balaban J connectivity index is 1.65. The van der Waals surface area contributed by atoms with E-state index in [0.29, 0.717) is 38.2 Å². The fourth-order valence-corrected chi connectivity index (χ4v) is 6.22. The molecule has 52 heavy (non-hydrogen) atoms. The second-order valence-corrected chi connectivity index (χ2v) is 13.3. The van der Waals surface area contributed by atoms with Crippen molar-refractivity contribution in [1.82, 2.24) is 14.7 Å². The van der Waals surface area contributed by atoms with Crippen molar-refractivity contribution >= 4 is 24.1 Å². The van der Waals surface area contributed by atoms with Gasteiger partial charge in [0, 0.05) is 51.4 Å². The van der Waals surface area contributed by atoms with Gasteiger partial charge in [-0.05, 0) is 85.7 Å². The van der Waals surface area contributed by atoms with Crippen LogP contribution in [0.15, 0.2) is 113 Å². The molecule has 276 valence electrons. The maximum atomic E-state index is 14.6. The monoisotopic (exact) mass is 712 g/mol. The molecule has 1 aliphatic heterocycles. The van der Waals surface area contributed by atoms with E-state index in [1.54, 1.807) is 11.1 Å². The van der Waals surface area contributed by atoms with Crippen molar-refractivity contribution in [3.05, 3.63) is 136 Å². The van der Waals surface area contributed by atoms with Gasteiger partial charge in [0.15, 0.2) is 0 Å². The number of halogens is 3. The molecule has 1 aliphatic rings. The van der Waals surface area contributed by atoms with Gasteiger partial charge in [-0.2, -0.15) is 13.2 Å². The molecule has 6 nitrogen and oxygen atoms in total. The number of hydrogen-bond donors (Lipinski definition) is 0. The zero-order chi connectivity index (χ0) is 37.5. The number of benzene rings is 3. The molecule has 0 aliphatic carbocycles. The highest BCUT2D eigenvalue weighted by Gasteiger charge is 2.34. The molecule has 1 saturated heterocycles. The van der Waals surface area contributed by atoms with Gasteiger partial charge in [-0.3, -0.25) is 9.59 Å². The molecule has 0 aromatic heterocycles. The van der Waals surface area contributed by atoms with Gasteiger partial charge in [-0.15, -0.1) is 0 Å². The summed E-state index contributed by atoms with van der Waals surface area (Å²) < 4.78 is 39.5. The molecule has 9 heteroatoms. The molecule has 0 saturated carbocycles. The van der Waals surface area contributed by atoms with Crippen LogP contribution < -0.4 is 0 Å². The lowest BCUT2D eigenvalue weighted by Crippen LogP contribution is -2.56. The minimum absolute atomic E-state index is 0.146. The summed E-state index contributed by atoms with van der Waals surface area (Å²) in [6.45, 7) is 10.5. The fraction of sp³-hybridized carbons (Fsp3) is 0.372. The van der Waals surface area contributed by atoms with E-state index < -0.39 is 23.7 Å². The number of nitrogens with zero attached hydrogens (tertiary/aromatic N) is 4. The van der Waals surface area contributed by atoms with Crippen LogP contribution in [-0.4, -0.2) is 64.9 Å². The van der Waals surface area contributed by atoms with Crippen molar-refractivity contribution in [2.75, 3.05) is 26.2 Å². The second kappa shape index (κ2) is 19.6. The molecule has 0 radical (unpaired) electrons. The standard InChI is InChI=1S/C43H51F3N4O2/c1-5-7-10-13-34-16-18-37(19-17-34)32-50(40(51)25-22-35-20-23-38(24-21-35)43(44,45)46)39(31-36-14-11-9-12-15-36)42(52)49-29-27-48(28-30-49)41(33(3)4)47-26-8-6-2/h6,8-9,11-12,14-26,39H,5,7,10,13,27-32H2,1-4H3/b8-6-,25-22+,47-26-/t39-/m0/s1. The number of unbranched alkanes of at least 4 members (excludes halogenated alkanes) is 2. The SMILES string of the molecule is C/C=C\C=N/C(=C(C)C)N1CCN(C(=O)[C@H](Cc2ccccc2)N(Cc2ccc(CCCCC)cc2)C(=O)/C=C/c2ccc(C(F)(F)F)cc2)CC1. The molecule has 3 aromatic rings. The van der Waals surface area contributed by atoms with Crippen LogP contribution in [0.2, 0.25) is 0 Å². The van der Waals surface area contributed by atoms with Crippen molar-refractivity contribution in [3.63, 3.8) is 0 Å². The lowest BCUT2D eigenvalue weighted by Gasteiger charge is -2.40. The zero-order valence-corrected chi connectivity index (χ0v) is 30.8. The summed E-state index contributed by atoms with van der Waals surface area (Å²) in [5.74, 6) is 0.339. The van der Waals surface area contributed by atoms with Gasteiger partial charge in [0.05, 0.1) is 5.56 Å². The maximum Gasteiger partial charge on any atom is 0.416 e. The highest BCUT2D eigenvalue weighted by atomic mass is 19.4. The van der Waals surface area contributed by atoms with Gasteiger partial charge in [-0.25, -0.2) is 4.99 Å². The number of alkyl halides is 3. The van der Waals surface area contributed by atoms with E-state index in [9.17, 15) is 22.8 Å². The number of piperazine rings is 1. The summed E-state index contributed by atoms with van der Waals surface area (Å²) in [5.41, 5.74) is 3.80. The Morgan fingerprint density at radius 1 is 0.846 bits per heavy atom. The lowest BCUT2D eigenvalue weighted by molar-refractivity contribution is -0.145. The number of aliphatic imine (C=N–C) groups is 1. The Hall–Kier alpha value is -4.92. The Kier molecular flexibility index (Phi) is 15.0. The first-order valence-corrected chi connectivity index (χ1v) is 18.1. The average molecular weight is 713 g/mol. The third-order valence-electron chi connectivity index (χ3n) is 9.13. The maximum absolute atomic E-state index is 14.6. The van der Waals surface area contributed by atoms with Crippen molar-refractivity contribution in [2.24, 2.45) is 4.99 Å². The predicted octanol–water partition coefficient (Wildman–Crippen LogP) is 9.13. The summed E-state index contributed by atoms with van der Waals surface area (Å²) in [6.07, 6.45) is 8.67. The molecular weight excluding hydrogens is 661 g/mol. The van der Waals surface area contributed by atoms with Gasteiger partial charge in [-0.1, -0.05) is 92.6 Å². The summed E-state index contributed by atoms with van der Waals surface area (Å²) in [7, 11) is 0. The molecule has 1 heterocycles. The van der Waals surface area contributed by atoms with Crippen LogP contribution in [0, 0.1) is 0 Å². The van der Waals surface area contributed by atoms with Crippen LogP contribution in [0.25, 0.3) is 6.08 Å². The van der Waals surface area contributed by atoms with Crippen molar-refractivity contribution in [2.45, 2.75) is 78.6 Å². The van der Waals surface area contributed by atoms with E-state index in [1.165, 1.54) is 29.8 Å². The third kappa shape index (κ3) is 11.8. The molecule has 0 unspecified atom stereocenters. The minimum Gasteiger partial charge on any atom is -0.353 e. The highest BCUT2D eigenvalue weighted by molar-refractivity contribution is 5.95. The smallest absolute Gasteiger partial charge is 0.353 e. The van der Waals surface area contributed by atoms with Gasteiger partial charge in [0.1, 0.15) is 11.9 Å². The minimum atomic E-state index is -4.45. The first-order valence-electron chi connectivity index (χ1n) is 18.1. The second-order valence-electron chi connectivity index (χ2n) is 13.3. The predicted molar refractivity (Wildman–Crippen MR) is 204 cm³/mol. The lowest BCUT2D eigenvalue weighted by atomic mass is 10.0. The summed E-state index contributed by atoms with van der Waals surface area (Å²) >= 11 is 0. The molecular formula is C43H51F3N4O2. The Morgan fingerprint density at radius 3 is 2.08 bits per heavy atom. The molecule has 0 bridgehead atoms. The van der Waals surface area contributed by atoms with E-state index in [-0.39, 0.29) is 12.5 Å². The zero-order valence-electron chi connectivity index (χ0n) is 30.8. The molecule has 3 aromatic carbocycles. The fourth-order valence-electron chi connectivity index (χ4n) is 6.22. The highest BCUT2D eigenvalue weighted by Crippen LogP contribution is 2.29. The van der Waals surface area contributed by atoms with Crippen molar-refractivity contribution < 1.29 is 22.8 Å². The van der Waals surface area contributed by atoms with E-state index >= 15 is 0 Å². The van der Waals surface area contributed by atoms with Crippen LogP contribution in [0.5, 0.6) is 0 Å². The van der Waals surface area contributed by atoms with E-state index in [1.807, 2.05) is 80.3 Å². The number of carbonyl (C=O) groups is 2. The van der Waals surface area contributed by atoms with Crippen LogP contribution in [0.1, 0.15) is 74.8 Å². The molecule has 1 atom stereocenters. The molecule has 0 spiro atoms. The van der Waals surface area contributed by atoms with E-state index in [0.717, 1.165) is 60.3 Å². The van der Waals surface area contributed by atoms with Crippen LogP contribution in [-0.2, 0) is 35.2 Å². The molecule has 0 N–H and O–H groups in total. The first-order chi connectivity index (χ1) is 25.0. The van der Waals surface area contributed by atoms with Crippen molar-refractivity contribution in [3.8, 4) is 0 Å². The van der Waals surface area contributed by atoms with Crippen molar-refractivity contribution in [1.29, 1.82) is 0 Å². The van der Waals surface area contributed by atoms with Crippen LogP contribution in [0.3, 0.4) is 0 Å². The van der Waals surface area contributed by atoms with Gasteiger partial charge < -0.3 is 14.7 Å². The molecule has 2 amide bonds. The normalized spacial score (nSPS) is 14.4. The largest absolute Gasteiger partial charge is 0.416 e. The Labute approximate surface area is 307 Å². The summed E-state index contributed by atoms with van der Waals surface area (Å²) in [4.78, 5) is 39.1. The number of carbonyl (C=O) groups excluding carboxylic acids is 2. The number of hydrogen-bond acceptors (Lipinski definition) is 4. The number of rotatable bonds is 15. The third-order valence-corrected chi connectivity index (χ3v) is 9.13. The Bertz CT molecular complexity index is 1700. The summed E-state index contributed by atoms with van der Waals surface area (Å²) in [5, 5.41) is 0. The number of aryl methyl sites for hydroxylation is 1. The van der Waals surface area contributed by atoms with E-state index in [4.69, 9.17) is 0 Å². The number of allylic oxidation sites excluding steroid dienone is 3. The van der Waals surface area contributed by atoms with Gasteiger partial charge in [0.2, 0.25) is 11.8 Å². The first kappa shape index (κ1) is 39.9. The van der Waals surface area contributed by atoms with Gasteiger partial charge >= 0.3 is 6.18 Å². The van der Waals surface area contributed by atoms with Gasteiger partial charge in [0.25, 0.3) is 0 Å². The summed E-state index contributed by atoms with van der Waals surface area (Å²) in [6, 6.07) is 21.7. The quantitative estimate of drug-likeness (QED) is 0.0898. The Morgan fingerprint density at radius 2 is 1.48 bits per heavy atom. The van der Waals surface area contributed by atoms with E-state index in [2.05, 4.69) is 28.9 Å². The van der Waals surface area contributed by atoms with Crippen LogP contribution >= 0.6 is 0 Å². The topological polar surface area (TPSA) is 56.2 Å². The average Bonchev–Trinajstić information content (AvgIpc) is 3.14. The molecule has 4 rings (SSSR count).